The topological polar surface area (TPSA) is 33.0 Å². The van der Waals surface area contributed by atoms with Crippen LogP contribution in [0.3, 0.4) is 0 Å². The van der Waals surface area contributed by atoms with Gasteiger partial charge in [-0.15, -0.1) is 0 Å². The molecule has 0 saturated carbocycles. The molecule has 0 unspecified atom stereocenters. The van der Waals surface area contributed by atoms with Crippen LogP contribution in [0.25, 0.3) is 21.9 Å². The SMILES string of the molecule is [O]c1cccc2oc3ccccc3c12. The van der Waals surface area contributed by atoms with Crippen molar-refractivity contribution in [2.24, 2.45) is 0 Å². The van der Waals surface area contributed by atoms with Crippen LogP contribution in [0.2, 0.25) is 0 Å². The summed E-state index contributed by atoms with van der Waals surface area (Å²) < 4.78 is 5.53. The Kier molecular flexibility index (Phi) is 1.34. The summed E-state index contributed by atoms with van der Waals surface area (Å²) in [5.41, 5.74) is 1.43. The summed E-state index contributed by atoms with van der Waals surface area (Å²) in [5, 5.41) is 13.2. The fourth-order valence-corrected chi connectivity index (χ4v) is 1.74. The van der Waals surface area contributed by atoms with Crippen LogP contribution < -0.4 is 0 Å². The molecule has 0 atom stereocenters. The second-order valence-corrected chi connectivity index (χ2v) is 3.23. The van der Waals surface area contributed by atoms with Crippen LogP contribution in [0.4, 0.5) is 0 Å². The zero-order valence-corrected chi connectivity index (χ0v) is 7.36. The van der Waals surface area contributed by atoms with Crippen LogP contribution >= 0.6 is 0 Å². The van der Waals surface area contributed by atoms with Crippen LogP contribution in [0.5, 0.6) is 5.75 Å². The van der Waals surface area contributed by atoms with E-state index in [-0.39, 0.29) is 5.75 Å². The van der Waals surface area contributed by atoms with Crippen molar-refractivity contribution in [1.82, 2.24) is 0 Å². The molecule has 67 valence electrons. The monoisotopic (exact) mass is 183 g/mol. The molecule has 1 aromatic heterocycles. The lowest BCUT2D eigenvalue weighted by molar-refractivity contribution is 0.360. The first-order valence-electron chi connectivity index (χ1n) is 4.43. The smallest absolute Gasteiger partial charge is 0.190 e. The molecule has 1 radical (unpaired) electrons. The van der Waals surface area contributed by atoms with Gasteiger partial charge < -0.3 is 4.42 Å². The number of hydrogen-bond acceptors (Lipinski definition) is 1. The maximum absolute atomic E-state index is 11.6. The summed E-state index contributed by atoms with van der Waals surface area (Å²) in [5.74, 6) is 0.0208. The fraction of sp³-hybridized carbons (Fsp3) is 0. The van der Waals surface area contributed by atoms with Crippen molar-refractivity contribution in [2.75, 3.05) is 0 Å². The second-order valence-electron chi connectivity index (χ2n) is 3.23. The van der Waals surface area contributed by atoms with Gasteiger partial charge in [0.05, 0.1) is 5.39 Å². The minimum atomic E-state index is 0.0208. The summed E-state index contributed by atoms with van der Waals surface area (Å²) in [6.45, 7) is 0. The van der Waals surface area contributed by atoms with Crippen molar-refractivity contribution in [3.05, 3.63) is 42.5 Å². The van der Waals surface area contributed by atoms with Crippen molar-refractivity contribution in [3.63, 3.8) is 0 Å². The average Bonchev–Trinajstić information content (AvgIpc) is 2.57. The van der Waals surface area contributed by atoms with E-state index in [9.17, 15) is 5.11 Å². The van der Waals surface area contributed by atoms with Gasteiger partial charge in [0, 0.05) is 5.39 Å². The summed E-state index contributed by atoms with van der Waals surface area (Å²) in [4.78, 5) is 0. The molecule has 0 spiro atoms. The number of para-hydroxylation sites is 1. The van der Waals surface area contributed by atoms with Crippen LogP contribution in [-0.2, 0) is 5.11 Å². The molecule has 0 aliphatic heterocycles. The first-order chi connectivity index (χ1) is 6.86. The number of rotatable bonds is 0. The number of hydrogen-bond donors (Lipinski definition) is 0. The Morgan fingerprint density at radius 2 is 1.64 bits per heavy atom. The predicted octanol–water partition coefficient (Wildman–Crippen LogP) is 3.73. The molecule has 3 aromatic rings. The van der Waals surface area contributed by atoms with E-state index in [0.29, 0.717) is 11.0 Å². The van der Waals surface area contributed by atoms with Crippen molar-refractivity contribution in [3.8, 4) is 5.75 Å². The summed E-state index contributed by atoms with van der Waals surface area (Å²) in [7, 11) is 0. The van der Waals surface area contributed by atoms with Gasteiger partial charge in [-0.1, -0.05) is 24.3 Å². The normalized spacial score (nSPS) is 11.1. The summed E-state index contributed by atoms with van der Waals surface area (Å²) >= 11 is 0. The van der Waals surface area contributed by atoms with Crippen molar-refractivity contribution in [1.29, 1.82) is 0 Å². The highest BCUT2D eigenvalue weighted by Crippen LogP contribution is 2.34. The lowest BCUT2D eigenvalue weighted by Crippen LogP contribution is -1.66. The fourth-order valence-electron chi connectivity index (χ4n) is 1.74. The third-order valence-corrected chi connectivity index (χ3v) is 2.36. The van der Waals surface area contributed by atoms with E-state index in [1.54, 1.807) is 12.1 Å². The third-order valence-electron chi connectivity index (χ3n) is 2.36. The minimum Gasteiger partial charge on any atom is -0.456 e. The Bertz CT molecular complexity index is 608. The Balaban J connectivity index is 2.65. The van der Waals surface area contributed by atoms with E-state index < -0.39 is 0 Å². The first-order valence-corrected chi connectivity index (χ1v) is 4.43. The molecule has 0 amide bonds. The van der Waals surface area contributed by atoms with Gasteiger partial charge in [-0.2, -0.15) is 0 Å². The van der Waals surface area contributed by atoms with Crippen LogP contribution in [0.15, 0.2) is 46.9 Å². The van der Waals surface area contributed by atoms with Crippen molar-refractivity contribution >= 4 is 21.9 Å². The van der Waals surface area contributed by atoms with Crippen LogP contribution in [-0.4, -0.2) is 0 Å². The average molecular weight is 183 g/mol. The molecular formula is C12H7O2. The molecule has 0 fully saturated rings. The van der Waals surface area contributed by atoms with E-state index in [4.69, 9.17) is 4.42 Å². The lowest BCUT2D eigenvalue weighted by atomic mass is 10.1. The second kappa shape index (κ2) is 2.51. The minimum absolute atomic E-state index is 0.0208. The van der Waals surface area contributed by atoms with Gasteiger partial charge in [0.1, 0.15) is 11.2 Å². The quantitative estimate of drug-likeness (QED) is 0.522. The maximum atomic E-state index is 11.6. The molecule has 0 saturated heterocycles. The third kappa shape index (κ3) is 0.852. The highest BCUT2D eigenvalue weighted by Gasteiger charge is 2.09. The molecule has 3 rings (SSSR count). The zero-order chi connectivity index (χ0) is 9.54. The van der Waals surface area contributed by atoms with Crippen molar-refractivity contribution in [2.45, 2.75) is 0 Å². The van der Waals surface area contributed by atoms with Crippen molar-refractivity contribution < 1.29 is 9.52 Å². The van der Waals surface area contributed by atoms with E-state index >= 15 is 0 Å². The molecular weight excluding hydrogens is 176 g/mol. The predicted molar refractivity (Wildman–Crippen MR) is 53.9 cm³/mol. The largest absolute Gasteiger partial charge is 0.456 e. The highest BCUT2D eigenvalue weighted by atomic mass is 16.3. The lowest BCUT2D eigenvalue weighted by Gasteiger charge is -1.88. The van der Waals surface area contributed by atoms with E-state index in [0.717, 1.165) is 11.0 Å². The van der Waals surface area contributed by atoms with E-state index in [1.807, 2.05) is 30.3 Å². The molecule has 0 bridgehead atoms. The number of benzene rings is 2. The molecule has 2 heteroatoms. The number of fused-ring (bicyclic) bond motifs is 3. The Morgan fingerprint density at radius 3 is 2.57 bits per heavy atom. The number of furan rings is 1. The Labute approximate surface area is 80.4 Å². The highest BCUT2D eigenvalue weighted by molar-refractivity contribution is 6.07. The molecule has 2 nitrogen and oxygen atoms in total. The van der Waals surface area contributed by atoms with Gasteiger partial charge in [0.15, 0.2) is 5.75 Å². The van der Waals surface area contributed by atoms with E-state index in [1.165, 1.54) is 0 Å². The zero-order valence-electron chi connectivity index (χ0n) is 7.36. The molecule has 1 heterocycles. The van der Waals surface area contributed by atoms with Gasteiger partial charge in [-0.3, -0.25) is 5.11 Å². The van der Waals surface area contributed by atoms with E-state index in [2.05, 4.69) is 0 Å². The molecule has 0 aliphatic carbocycles. The Morgan fingerprint density at radius 1 is 0.857 bits per heavy atom. The van der Waals surface area contributed by atoms with Crippen LogP contribution in [0, 0.1) is 0 Å². The molecule has 14 heavy (non-hydrogen) atoms. The molecule has 0 aliphatic rings. The van der Waals surface area contributed by atoms with Gasteiger partial charge >= 0.3 is 0 Å². The van der Waals surface area contributed by atoms with Crippen LogP contribution in [0.1, 0.15) is 0 Å². The molecule has 0 N–H and O–H groups in total. The first kappa shape index (κ1) is 7.44. The van der Waals surface area contributed by atoms with Gasteiger partial charge in [-0.05, 0) is 18.2 Å². The Hall–Kier alpha value is -1.96. The van der Waals surface area contributed by atoms with Gasteiger partial charge in [-0.25, -0.2) is 0 Å². The summed E-state index contributed by atoms with van der Waals surface area (Å²) in [6, 6.07) is 12.7. The molecule has 2 aromatic carbocycles. The van der Waals surface area contributed by atoms with Gasteiger partial charge in [0.2, 0.25) is 0 Å². The maximum Gasteiger partial charge on any atom is 0.190 e. The summed E-state index contributed by atoms with van der Waals surface area (Å²) in [6.07, 6.45) is 0. The van der Waals surface area contributed by atoms with Gasteiger partial charge in [0.25, 0.3) is 0 Å². The standard InChI is InChI=1S/C12H7O2/c13-9-5-3-7-11-12(9)8-4-1-2-6-10(8)14-11/h1-7H.